The number of benzene rings is 2. The van der Waals surface area contributed by atoms with Crippen molar-refractivity contribution >= 4 is 17.7 Å². The van der Waals surface area contributed by atoms with Gasteiger partial charge in [-0.2, -0.15) is 0 Å². The maximum absolute atomic E-state index is 12.4. The first-order chi connectivity index (χ1) is 12.7. The van der Waals surface area contributed by atoms with E-state index in [1.807, 2.05) is 23.1 Å². The summed E-state index contributed by atoms with van der Waals surface area (Å²) in [5.74, 6) is 0.171. The first-order valence-electron chi connectivity index (χ1n) is 9.23. The largest absolute Gasteiger partial charge is 0.376 e. The van der Waals surface area contributed by atoms with Crippen LogP contribution in [0.3, 0.4) is 0 Å². The summed E-state index contributed by atoms with van der Waals surface area (Å²) < 4.78 is 0. The Morgan fingerprint density at radius 1 is 1.00 bits per heavy atom. The van der Waals surface area contributed by atoms with Gasteiger partial charge in [-0.15, -0.1) is 0 Å². The van der Waals surface area contributed by atoms with Crippen molar-refractivity contribution < 1.29 is 4.79 Å². The quantitative estimate of drug-likeness (QED) is 0.869. The maximum Gasteiger partial charge on any atom is 0.241 e. The fraction of sp³-hybridized carbons (Fsp3) is 0.318. The number of piperazine rings is 1. The summed E-state index contributed by atoms with van der Waals surface area (Å²) in [4.78, 5) is 16.7. The molecule has 4 heteroatoms. The summed E-state index contributed by atoms with van der Waals surface area (Å²) in [5, 5.41) is 3.22. The molecule has 1 fully saturated rings. The number of anilines is 1. The molecule has 0 bridgehead atoms. The van der Waals surface area contributed by atoms with Crippen molar-refractivity contribution in [2.45, 2.75) is 6.92 Å². The van der Waals surface area contributed by atoms with Crippen LogP contribution in [0.5, 0.6) is 0 Å². The highest BCUT2D eigenvalue weighted by Crippen LogP contribution is 2.09. The van der Waals surface area contributed by atoms with Gasteiger partial charge in [0.25, 0.3) is 0 Å². The van der Waals surface area contributed by atoms with Crippen LogP contribution in [0.25, 0.3) is 6.08 Å². The summed E-state index contributed by atoms with van der Waals surface area (Å²) in [7, 11) is 0. The number of nitrogens with zero attached hydrogens (tertiary/aromatic N) is 2. The van der Waals surface area contributed by atoms with Gasteiger partial charge in [-0.05, 0) is 24.6 Å². The van der Waals surface area contributed by atoms with Gasteiger partial charge >= 0.3 is 0 Å². The van der Waals surface area contributed by atoms with Crippen LogP contribution < -0.4 is 5.32 Å². The van der Waals surface area contributed by atoms with Crippen molar-refractivity contribution in [1.29, 1.82) is 0 Å². The van der Waals surface area contributed by atoms with E-state index in [0.29, 0.717) is 6.54 Å². The van der Waals surface area contributed by atoms with Crippen LogP contribution in [0.4, 0.5) is 5.69 Å². The Hall–Kier alpha value is -2.59. The van der Waals surface area contributed by atoms with Gasteiger partial charge in [0.05, 0.1) is 6.54 Å². The molecule has 0 aromatic heterocycles. The molecular formula is C22H27N3O. The average Bonchev–Trinajstić information content (AvgIpc) is 2.69. The molecule has 0 aliphatic carbocycles. The molecule has 1 heterocycles. The number of aryl methyl sites for hydroxylation is 1. The van der Waals surface area contributed by atoms with Crippen LogP contribution in [0, 0.1) is 6.92 Å². The first kappa shape index (κ1) is 18.2. The molecule has 4 nitrogen and oxygen atoms in total. The predicted molar refractivity (Wildman–Crippen MR) is 108 cm³/mol. The van der Waals surface area contributed by atoms with Crippen LogP contribution in [0.2, 0.25) is 0 Å². The zero-order valence-corrected chi connectivity index (χ0v) is 15.4. The van der Waals surface area contributed by atoms with Gasteiger partial charge in [0.1, 0.15) is 0 Å². The van der Waals surface area contributed by atoms with Crippen molar-refractivity contribution in [3.05, 3.63) is 71.8 Å². The maximum atomic E-state index is 12.4. The van der Waals surface area contributed by atoms with Crippen LogP contribution in [0.15, 0.2) is 60.7 Å². The molecule has 0 radical (unpaired) electrons. The van der Waals surface area contributed by atoms with E-state index in [-0.39, 0.29) is 5.91 Å². The van der Waals surface area contributed by atoms with Gasteiger partial charge in [0.2, 0.25) is 5.91 Å². The number of hydrogen-bond donors (Lipinski definition) is 1. The molecule has 0 unspecified atom stereocenters. The SMILES string of the molecule is Cc1ccc(NCC(=O)N2CCN(C/C=C/c3ccccc3)CC2)cc1. The lowest BCUT2D eigenvalue weighted by atomic mass is 10.2. The number of rotatable bonds is 6. The zero-order valence-electron chi connectivity index (χ0n) is 15.4. The van der Waals surface area contributed by atoms with Gasteiger partial charge < -0.3 is 10.2 Å². The van der Waals surface area contributed by atoms with Crippen molar-refractivity contribution in [3.8, 4) is 0 Å². The second kappa shape index (κ2) is 9.20. The summed E-state index contributed by atoms with van der Waals surface area (Å²) in [5.41, 5.74) is 3.44. The summed E-state index contributed by atoms with van der Waals surface area (Å²) in [6.07, 6.45) is 4.36. The molecule has 0 saturated carbocycles. The lowest BCUT2D eigenvalue weighted by Crippen LogP contribution is -2.50. The van der Waals surface area contributed by atoms with Gasteiger partial charge in [-0.25, -0.2) is 0 Å². The molecule has 2 aromatic carbocycles. The lowest BCUT2D eigenvalue weighted by molar-refractivity contribution is -0.130. The van der Waals surface area contributed by atoms with E-state index < -0.39 is 0 Å². The minimum atomic E-state index is 0.171. The Labute approximate surface area is 156 Å². The number of carbonyl (C=O) groups is 1. The highest BCUT2D eigenvalue weighted by atomic mass is 16.2. The number of nitrogens with one attached hydrogen (secondary N) is 1. The lowest BCUT2D eigenvalue weighted by Gasteiger charge is -2.34. The van der Waals surface area contributed by atoms with E-state index in [4.69, 9.17) is 0 Å². The van der Waals surface area contributed by atoms with E-state index in [1.54, 1.807) is 0 Å². The van der Waals surface area contributed by atoms with Crippen molar-refractivity contribution in [2.75, 3.05) is 44.6 Å². The third-order valence-electron chi connectivity index (χ3n) is 4.69. The van der Waals surface area contributed by atoms with E-state index >= 15 is 0 Å². The minimum Gasteiger partial charge on any atom is -0.376 e. The molecule has 1 saturated heterocycles. The Kier molecular flexibility index (Phi) is 6.45. The van der Waals surface area contributed by atoms with Crippen molar-refractivity contribution in [1.82, 2.24) is 9.80 Å². The van der Waals surface area contributed by atoms with Crippen LogP contribution in [-0.4, -0.2) is 55.0 Å². The van der Waals surface area contributed by atoms with Gasteiger partial charge in [0, 0.05) is 38.4 Å². The first-order valence-corrected chi connectivity index (χ1v) is 9.23. The molecule has 0 spiro atoms. The van der Waals surface area contributed by atoms with Crippen molar-refractivity contribution in [3.63, 3.8) is 0 Å². The number of amides is 1. The molecule has 136 valence electrons. The van der Waals surface area contributed by atoms with Gasteiger partial charge in [-0.1, -0.05) is 60.2 Å². The number of hydrogen-bond acceptors (Lipinski definition) is 3. The van der Waals surface area contributed by atoms with Gasteiger partial charge in [-0.3, -0.25) is 9.69 Å². The summed E-state index contributed by atoms with van der Waals surface area (Å²) >= 11 is 0. The van der Waals surface area contributed by atoms with Crippen LogP contribution >= 0.6 is 0 Å². The average molecular weight is 349 g/mol. The molecule has 0 atom stereocenters. The van der Waals surface area contributed by atoms with E-state index in [1.165, 1.54) is 11.1 Å². The molecule has 2 aromatic rings. The normalized spacial score (nSPS) is 15.3. The highest BCUT2D eigenvalue weighted by molar-refractivity contribution is 5.81. The Bertz CT molecular complexity index is 717. The Morgan fingerprint density at radius 3 is 2.38 bits per heavy atom. The third kappa shape index (κ3) is 5.46. The van der Waals surface area contributed by atoms with Crippen LogP contribution in [0.1, 0.15) is 11.1 Å². The smallest absolute Gasteiger partial charge is 0.241 e. The van der Waals surface area contributed by atoms with Gasteiger partial charge in [0.15, 0.2) is 0 Å². The second-order valence-electron chi connectivity index (χ2n) is 6.71. The zero-order chi connectivity index (χ0) is 18.2. The summed E-state index contributed by atoms with van der Waals surface area (Å²) in [6.45, 7) is 6.80. The number of carbonyl (C=O) groups excluding carboxylic acids is 1. The topological polar surface area (TPSA) is 35.6 Å². The van der Waals surface area contributed by atoms with E-state index in [9.17, 15) is 4.79 Å². The molecule has 26 heavy (non-hydrogen) atoms. The molecule has 1 aliphatic heterocycles. The molecule has 1 aliphatic rings. The highest BCUT2D eigenvalue weighted by Gasteiger charge is 2.19. The molecule has 3 rings (SSSR count). The van der Waals surface area contributed by atoms with E-state index in [0.717, 1.165) is 38.4 Å². The standard InChI is InChI=1S/C22H27N3O/c1-19-9-11-21(12-10-19)23-18-22(26)25-16-14-24(15-17-25)13-5-8-20-6-3-2-4-7-20/h2-12,23H,13-18H2,1H3/b8-5+. The van der Waals surface area contributed by atoms with Crippen molar-refractivity contribution in [2.24, 2.45) is 0 Å². The Morgan fingerprint density at radius 2 is 1.69 bits per heavy atom. The Balaban J connectivity index is 1.38. The van der Waals surface area contributed by atoms with Crippen LogP contribution in [-0.2, 0) is 4.79 Å². The third-order valence-corrected chi connectivity index (χ3v) is 4.69. The fourth-order valence-electron chi connectivity index (χ4n) is 3.04. The minimum absolute atomic E-state index is 0.171. The van der Waals surface area contributed by atoms with E-state index in [2.05, 4.69) is 65.7 Å². The monoisotopic (exact) mass is 349 g/mol. The summed E-state index contributed by atoms with van der Waals surface area (Å²) in [6, 6.07) is 18.5. The molecule has 1 amide bonds. The predicted octanol–water partition coefficient (Wildman–Crippen LogP) is 3.26. The second-order valence-corrected chi connectivity index (χ2v) is 6.71. The fourth-order valence-corrected chi connectivity index (χ4v) is 3.04. The molecule has 1 N–H and O–H groups in total. The molecular weight excluding hydrogens is 322 g/mol.